The van der Waals surface area contributed by atoms with E-state index >= 15 is 0 Å². The first kappa shape index (κ1) is 47.9. The molecule has 50 heavy (non-hydrogen) atoms. The number of esters is 4. The number of hydrogen-bond donors (Lipinski definition) is 0. The highest BCUT2D eigenvalue weighted by molar-refractivity contribution is 5.70. The van der Waals surface area contributed by atoms with Crippen LogP contribution in [0, 0.1) is 0 Å². The van der Waals surface area contributed by atoms with Crippen molar-refractivity contribution in [1.29, 1.82) is 0 Å². The van der Waals surface area contributed by atoms with Crippen LogP contribution in [0.4, 0.5) is 0 Å². The second-order valence-corrected chi connectivity index (χ2v) is 14.3. The molecule has 0 aliphatic rings. The molecule has 0 aromatic rings. The van der Waals surface area contributed by atoms with Crippen molar-refractivity contribution in [2.75, 3.05) is 13.2 Å². The largest absolute Gasteiger partial charge is 0.463 e. The molecule has 0 fully saturated rings. The summed E-state index contributed by atoms with van der Waals surface area (Å²) < 4.78 is 21.5. The fraction of sp³-hybridized carbons (Fsp3) is 0.905. The Labute approximate surface area is 307 Å². The molecule has 2 atom stereocenters. The molecule has 0 aromatic carbocycles. The van der Waals surface area contributed by atoms with Gasteiger partial charge in [-0.05, 0) is 64.2 Å². The van der Waals surface area contributed by atoms with Gasteiger partial charge in [0.05, 0.1) is 0 Å². The van der Waals surface area contributed by atoms with E-state index in [9.17, 15) is 19.2 Å². The highest BCUT2D eigenvalue weighted by Gasteiger charge is 2.13. The van der Waals surface area contributed by atoms with E-state index in [1.54, 1.807) is 0 Å². The second-order valence-electron chi connectivity index (χ2n) is 14.3. The lowest BCUT2D eigenvalue weighted by Gasteiger charge is -2.17. The molecule has 0 radical (unpaired) electrons. The molecule has 8 heteroatoms. The molecule has 8 nitrogen and oxygen atoms in total. The van der Waals surface area contributed by atoms with Crippen molar-refractivity contribution < 1.29 is 38.1 Å². The molecule has 0 N–H and O–H groups in total. The van der Waals surface area contributed by atoms with Crippen molar-refractivity contribution >= 4 is 23.9 Å². The van der Waals surface area contributed by atoms with Gasteiger partial charge in [0.25, 0.3) is 0 Å². The number of unbranched alkanes of at least 4 members (excludes halogenated alkanes) is 20. The van der Waals surface area contributed by atoms with E-state index in [-0.39, 0.29) is 49.3 Å². The predicted octanol–water partition coefficient (Wildman–Crippen LogP) is 11.7. The Balaban J connectivity index is 3.58. The zero-order valence-electron chi connectivity index (χ0n) is 33.0. The van der Waals surface area contributed by atoms with Gasteiger partial charge in [-0.15, -0.1) is 0 Å². The molecular weight excluding hydrogens is 632 g/mol. The van der Waals surface area contributed by atoms with Gasteiger partial charge in [-0.1, -0.05) is 129 Å². The van der Waals surface area contributed by atoms with Crippen LogP contribution in [0.25, 0.3) is 0 Å². The van der Waals surface area contributed by atoms with E-state index in [2.05, 4.69) is 13.8 Å². The van der Waals surface area contributed by atoms with Gasteiger partial charge in [-0.25, -0.2) is 0 Å². The molecule has 0 heterocycles. The maximum atomic E-state index is 12.0. The van der Waals surface area contributed by atoms with Crippen LogP contribution >= 0.6 is 0 Å². The van der Waals surface area contributed by atoms with Crippen LogP contribution in [0.3, 0.4) is 0 Å². The van der Waals surface area contributed by atoms with Gasteiger partial charge < -0.3 is 18.9 Å². The smallest absolute Gasteiger partial charge is 0.305 e. The summed E-state index contributed by atoms with van der Waals surface area (Å²) in [5.41, 5.74) is 0. The number of hydrogen-bond acceptors (Lipinski definition) is 8. The molecule has 0 saturated carbocycles. The van der Waals surface area contributed by atoms with Crippen molar-refractivity contribution in [3.05, 3.63) is 0 Å². The number of carbonyl (C=O) groups is 4. The van der Waals surface area contributed by atoms with Crippen molar-refractivity contribution in [3.63, 3.8) is 0 Å². The Morgan fingerprint density at radius 2 is 0.640 bits per heavy atom. The van der Waals surface area contributed by atoms with Gasteiger partial charge in [-0.3, -0.25) is 19.2 Å². The quantitative estimate of drug-likeness (QED) is 0.0356. The van der Waals surface area contributed by atoms with Gasteiger partial charge >= 0.3 is 23.9 Å². The number of rotatable bonds is 37. The van der Waals surface area contributed by atoms with Crippen LogP contribution in [0.2, 0.25) is 0 Å². The number of carbonyl (C=O) groups excluding carboxylic acids is 4. The lowest BCUT2D eigenvalue weighted by Crippen LogP contribution is -2.16. The van der Waals surface area contributed by atoms with E-state index < -0.39 is 0 Å². The second kappa shape index (κ2) is 36.7. The summed E-state index contributed by atoms with van der Waals surface area (Å²) in [7, 11) is 0. The summed E-state index contributed by atoms with van der Waals surface area (Å²) in [4.78, 5) is 46.7. The topological polar surface area (TPSA) is 105 Å². The third kappa shape index (κ3) is 35.7. The molecule has 0 amide bonds. The predicted molar refractivity (Wildman–Crippen MR) is 203 cm³/mol. The van der Waals surface area contributed by atoms with Gasteiger partial charge in [0.15, 0.2) is 0 Å². The fourth-order valence-electron chi connectivity index (χ4n) is 6.45. The molecule has 0 spiro atoms. The van der Waals surface area contributed by atoms with Crippen LogP contribution in [0.5, 0.6) is 0 Å². The first-order chi connectivity index (χ1) is 24.3. The summed E-state index contributed by atoms with van der Waals surface area (Å²) in [6.07, 6.45) is 32.2. The minimum absolute atomic E-state index is 0.0785. The van der Waals surface area contributed by atoms with Crippen molar-refractivity contribution in [2.24, 2.45) is 0 Å². The van der Waals surface area contributed by atoms with Crippen molar-refractivity contribution in [1.82, 2.24) is 0 Å². The summed E-state index contributed by atoms with van der Waals surface area (Å²) in [6, 6.07) is 0. The van der Waals surface area contributed by atoms with Crippen LogP contribution in [-0.2, 0) is 38.1 Å². The zero-order valence-corrected chi connectivity index (χ0v) is 33.0. The highest BCUT2D eigenvalue weighted by Crippen LogP contribution is 2.18. The Morgan fingerprint density at radius 3 is 0.920 bits per heavy atom. The van der Waals surface area contributed by atoms with Crippen LogP contribution < -0.4 is 0 Å². The Kier molecular flexibility index (Phi) is 35.1. The molecule has 0 rings (SSSR count). The maximum Gasteiger partial charge on any atom is 0.305 e. The molecule has 294 valence electrons. The molecular formula is C42H78O8. The zero-order chi connectivity index (χ0) is 36.9. The van der Waals surface area contributed by atoms with E-state index in [0.29, 0.717) is 12.8 Å². The molecule has 0 bridgehead atoms. The Bertz CT molecular complexity index is 748. The van der Waals surface area contributed by atoms with Crippen LogP contribution in [-0.4, -0.2) is 49.3 Å². The van der Waals surface area contributed by atoms with Gasteiger partial charge in [-0.2, -0.15) is 0 Å². The summed E-state index contributed by atoms with van der Waals surface area (Å²) in [5, 5.41) is 0. The maximum absolute atomic E-state index is 12.0. The Morgan fingerprint density at radius 1 is 0.380 bits per heavy atom. The average Bonchev–Trinajstić information content (AvgIpc) is 3.07. The third-order valence-electron chi connectivity index (χ3n) is 9.35. The lowest BCUT2D eigenvalue weighted by atomic mass is 10.0. The Hall–Kier alpha value is -2.12. The highest BCUT2D eigenvalue weighted by atomic mass is 16.6. The minimum Gasteiger partial charge on any atom is -0.463 e. The van der Waals surface area contributed by atoms with E-state index in [0.717, 1.165) is 89.9 Å². The minimum atomic E-state index is -0.218. The van der Waals surface area contributed by atoms with Crippen molar-refractivity contribution in [2.45, 2.75) is 233 Å². The molecule has 0 aliphatic heterocycles. The monoisotopic (exact) mass is 711 g/mol. The summed E-state index contributed by atoms with van der Waals surface area (Å²) >= 11 is 0. The first-order valence-electron chi connectivity index (χ1n) is 20.9. The van der Waals surface area contributed by atoms with Gasteiger partial charge in [0.2, 0.25) is 0 Å². The average molecular weight is 711 g/mol. The standard InChI is InChI=1S/C42H78O8/c1-5-7-9-23-29-39(49-37(3)43)31-25-19-15-11-13-17-21-27-33-41(45)47-35-36-48-42(46)34-28-22-18-14-12-16-20-26-32-40(50-38(4)44)30-24-10-8-6-2/h39-40H,5-36H2,1-4H3. The summed E-state index contributed by atoms with van der Waals surface area (Å²) in [5.74, 6) is -0.767. The normalized spacial score (nSPS) is 12.3. The number of ether oxygens (including phenoxy) is 4. The fourth-order valence-corrected chi connectivity index (χ4v) is 6.45. The third-order valence-corrected chi connectivity index (χ3v) is 9.35. The van der Waals surface area contributed by atoms with E-state index in [1.165, 1.54) is 104 Å². The van der Waals surface area contributed by atoms with E-state index in [1.807, 2.05) is 0 Å². The molecule has 0 aromatic heterocycles. The lowest BCUT2D eigenvalue weighted by molar-refractivity contribution is -0.152. The van der Waals surface area contributed by atoms with Gasteiger partial charge in [0, 0.05) is 26.7 Å². The molecule has 0 saturated heterocycles. The van der Waals surface area contributed by atoms with Gasteiger partial charge in [0.1, 0.15) is 25.4 Å². The molecule has 0 aliphatic carbocycles. The van der Waals surface area contributed by atoms with E-state index in [4.69, 9.17) is 18.9 Å². The van der Waals surface area contributed by atoms with Crippen LogP contribution in [0.15, 0.2) is 0 Å². The van der Waals surface area contributed by atoms with Crippen molar-refractivity contribution in [3.8, 4) is 0 Å². The first-order valence-corrected chi connectivity index (χ1v) is 20.9. The molecule has 2 unspecified atom stereocenters. The summed E-state index contributed by atoms with van der Waals surface area (Å²) in [6.45, 7) is 7.68. The van der Waals surface area contributed by atoms with Crippen LogP contribution in [0.1, 0.15) is 220 Å². The SMILES string of the molecule is CCCCCCC(CCCCCCCCCCC(=O)OCCOC(=O)CCCCCCCCCCC(CCCCCC)OC(C)=O)OC(C)=O.